The number of ether oxygens (including phenoxy) is 1. The van der Waals surface area contributed by atoms with E-state index in [0.29, 0.717) is 46.7 Å². The minimum absolute atomic E-state index is 0.0558. The van der Waals surface area contributed by atoms with Crippen LogP contribution in [-0.2, 0) is 20.7 Å². The smallest absolute Gasteiger partial charge is 0.309 e. The number of rotatable bonds is 4. The number of fused-ring (bicyclic) bond motifs is 5. The molecule has 2 aromatic heterocycles. The van der Waals surface area contributed by atoms with E-state index in [9.17, 15) is 14.4 Å². The summed E-state index contributed by atoms with van der Waals surface area (Å²) >= 11 is 6.62. The maximum absolute atomic E-state index is 13.4. The third-order valence-corrected chi connectivity index (χ3v) is 6.78. The molecule has 2 bridgehead atoms. The molecule has 39 heavy (non-hydrogen) atoms. The molecule has 1 aliphatic rings. The topological polar surface area (TPSA) is 126 Å². The molecule has 0 saturated carbocycles. The number of methoxy groups -OCH3 is 1. The van der Waals surface area contributed by atoms with Crippen LogP contribution in [0.2, 0.25) is 5.15 Å². The number of esters is 1. The summed E-state index contributed by atoms with van der Waals surface area (Å²) in [6, 6.07) is 12.0. The summed E-state index contributed by atoms with van der Waals surface area (Å²) < 4.78 is 4.78. The Morgan fingerprint density at radius 3 is 2.90 bits per heavy atom. The number of pyridine rings is 1. The number of nitrogens with zero attached hydrogens (tertiary/aromatic N) is 2. The Balaban J connectivity index is 1.52. The molecule has 0 saturated heterocycles. The number of benzene rings is 2. The van der Waals surface area contributed by atoms with Gasteiger partial charge in [-0.3, -0.25) is 19.4 Å². The molecule has 4 aromatic rings. The SMILES string of the molecule is COC(=O)Cc1ccc2c(c1)NC(=O)CC/C=C/C[C@H](NC(=O)c1cccc3cnccc13)c1nc-2c(Cl)[nH]1. The Morgan fingerprint density at radius 1 is 1.18 bits per heavy atom. The number of halogens is 1. The minimum atomic E-state index is -0.511. The van der Waals surface area contributed by atoms with Crippen LogP contribution in [0.3, 0.4) is 0 Å². The standard InChI is InChI=1S/C29H26ClN5O4/c1-39-25(37)15-17-10-11-21-23(14-17)32-24(36)9-4-2-3-8-22(28-34-26(21)27(30)35-28)33-29(38)20-7-5-6-18-16-31-13-12-19(18)20/h2-3,5-7,10-14,16,22H,4,8-9,15H2,1H3,(H,32,36)(H,33,38)(H,34,35)/b3-2+/t22-/m0/s1. The second-order valence-electron chi connectivity index (χ2n) is 9.14. The number of imidazole rings is 1. The average molecular weight is 544 g/mol. The van der Waals surface area contributed by atoms with Gasteiger partial charge in [0.2, 0.25) is 5.91 Å². The van der Waals surface area contributed by atoms with Gasteiger partial charge in [-0.2, -0.15) is 0 Å². The van der Waals surface area contributed by atoms with E-state index < -0.39 is 12.0 Å². The van der Waals surface area contributed by atoms with Crippen LogP contribution in [0, 0.1) is 0 Å². The predicted octanol–water partition coefficient (Wildman–Crippen LogP) is 5.14. The molecule has 0 fully saturated rings. The fourth-order valence-electron chi connectivity index (χ4n) is 4.54. The van der Waals surface area contributed by atoms with Gasteiger partial charge in [-0.25, -0.2) is 4.98 Å². The van der Waals surface area contributed by atoms with Gasteiger partial charge < -0.3 is 20.4 Å². The third kappa shape index (κ3) is 5.83. The highest BCUT2D eigenvalue weighted by Crippen LogP contribution is 2.35. The average Bonchev–Trinajstić information content (AvgIpc) is 3.32. The molecule has 3 heterocycles. The van der Waals surface area contributed by atoms with Gasteiger partial charge >= 0.3 is 5.97 Å². The fraction of sp³-hybridized carbons (Fsp3) is 0.207. The molecule has 0 radical (unpaired) electrons. The number of amides is 2. The van der Waals surface area contributed by atoms with Crippen molar-refractivity contribution in [1.29, 1.82) is 0 Å². The quantitative estimate of drug-likeness (QED) is 0.241. The van der Waals surface area contributed by atoms with Gasteiger partial charge in [0.25, 0.3) is 5.91 Å². The van der Waals surface area contributed by atoms with Crippen molar-refractivity contribution < 1.29 is 19.1 Å². The molecule has 1 atom stereocenters. The van der Waals surface area contributed by atoms with Crippen LogP contribution in [0.4, 0.5) is 5.69 Å². The van der Waals surface area contributed by atoms with Crippen LogP contribution < -0.4 is 10.6 Å². The van der Waals surface area contributed by atoms with Crippen molar-refractivity contribution in [3.05, 3.63) is 89.1 Å². The zero-order valence-corrected chi connectivity index (χ0v) is 21.9. The number of hydrogen-bond donors (Lipinski definition) is 3. The van der Waals surface area contributed by atoms with E-state index in [0.717, 1.165) is 10.8 Å². The summed E-state index contributed by atoms with van der Waals surface area (Å²) in [6.07, 6.45) is 8.47. The molecule has 5 rings (SSSR count). The number of aromatic amines is 1. The van der Waals surface area contributed by atoms with Gasteiger partial charge in [0, 0.05) is 35.3 Å². The van der Waals surface area contributed by atoms with E-state index in [1.165, 1.54) is 7.11 Å². The normalized spacial score (nSPS) is 16.2. The Kier molecular flexibility index (Phi) is 7.69. The van der Waals surface area contributed by atoms with Gasteiger partial charge in [-0.05, 0) is 42.0 Å². The van der Waals surface area contributed by atoms with Crippen molar-refractivity contribution in [2.24, 2.45) is 0 Å². The predicted molar refractivity (Wildman–Crippen MR) is 148 cm³/mol. The Labute approximate surface area is 229 Å². The molecule has 0 unspecified atom stereocenters. The van der Waals surface area contributed by atoms with Gasteiger partial charge in [0.1, 0.15) is 16.7 Å². The van der Waals surface area contributed by atoms with Gasteiger partial charge in [0.15, 0.2) is 0 Å². The first-order valence-corrected chi connectivity index (χ1v) is 12.8. The van der Waals surface area contributed by atoms with Crippen LogP contribution in [0.25, 0.3) is 22.0 Å². The highest BCUT2D eigenvalue weighted by molar-refractivity contribution is 6.32. The van der Waals surface area contributed by atoms with E-state index in [1.54, 1.807) is 36.7 Å². The maximum Gasteiger partial charge on any atom is 0.309 e. The molecule has 10 heteroatoms. The van der Waals surface area contributed by atoms with Gasteiger partial charge in [-0.15, -0.1) is 0 Å². The second-order valence-corrected chi connectivity index (χ2v) is 9.52. The number of carbonyl (C=O) groups is 3. The summed E-state index contributed by atoms with van der Waals surface area (Å²) in [4.78, 5) is 49.9. The first-order valence-electron chi connectivity index (χ1n) is 12.5. The molecule has 0 spiro atoms. The summed E-state index contributed by atoms with van der Waals surface area (Å²) in [5.41, 5.74) is 2.69. The Morgan fingerprint density at radius 2 is 2.05 bits per heavy atom. The largest absolute Gasteiger partial charge is 0.469 e. The third-order valence-electron chi connectivity index (χ3n) is 6.50. The summed E-state index contributed by atoms with van der Waals surface area (Å²) in [5, 5.41) is 7.94. The highest BCUT2D eigenvalue weighted by atomic mass is 35.5. The summed E-state index contributed by atoms with van der Waals surface area (Å²) in [5.74, 6) is -0.354. The summed E-state index contributed by atoms with van der Waals surface area (Å²) in [6.45, 7) is 0. The molecule has 1 aliphatic heterocycles. The number of carbonyl (C=O) groups excluding carboxylic acids is 3. The molecular weight excluding hydrogens is 518 g/mol. The molecule has 3 N–H and O–H groups in total. The number of nitrogens with one attached hydrogen (secondary N) is 3. The van der Waals surface area contributed by atoms with Crippen molar-refractivity contribution >= 4 is 45.8 Å². The van der Waals surface area contributed by atoms with Crippen LogP contribution in [0.5, 0.6) is 0 Å². The number of aromatic nitrogens is 3. The molecule has 198 valence electrons. The van der Waals surface area contributed by atoms with Gasteiger partial charge in [-0.1, -0.05) is 48.0 Å². The lowest BCUT2D eigenvalue weighted by Gasteiger charge is -2.16. The first-order chi connectivity index (χ1) is 18.9. The van der Waals surface area contributed by atoms with Gasteiger partial charge in [0.05, 0.1) is 25.3 Å². The van der Waals surface area contributed by atoms with Crippen LogP contribution >= 0.6 is 11.6 Å². The van der Waals surface area contributed by atoms with Crippen LogP contribution in [0.1, 0.15) is 47.1 Å². The zero-order chi connectivity index (χ0) is 27.4. The zero-order valence-electron chi connectivity index (χ0n) is 21.2. The summed E-state index contributed by atoms with van der Waals surface area (Å²) in [7, 11) is 1.33. The van der Waals surface area contributed by atoms with Crippen molar-refractivity contribution in [2.75, 3.05) is 12.4 Å². The Hall–Kier alpha value is -4.50. The molecule has 9 nitrogen and oxygen atoms in total. The van der Waals surface area contributed by atoms with Crippen molar-refractivity contribution in [3.8, 4) is 11.3 Å². The van der Waals surface area contributed by atoms with E-state index >= 15 is 0 Å². The number of allylic oxidation sites excluding steroid dienone is 1. The number of hydrogen-bond acceptors (Lipinski definition) is 6. The van der Waals surface area contributed by atoms with Crippen molar-refractivity contribution in [3.63, 3.8) is 0 Å². The minimum Gasteiger partial charge on any atom is -0.469 e. The maximum atomic E-state index is 13.4. The lowest BCUT2D eigenvalue weighted by Crippen LogP contribution is -2.29. The molecular formula is C29H26ClN5O4. The Bertz CT molecular complexity index is 1590. The van der Waals surface area contributed by atoms with Crippen molar-refractivity contribution in [2.45, 2.75) is 31.7 Å². The molecule has 0 aliphatic carbocycles. The lowest BCUT2D eigenvalue weighted by molar-refractivity contribution is -0.139. The van der Waals surface area contributed by atoms with E-state index in [2.05, 4.69) is 20.6 Å². The second kappa shape index (κ2) is 11.5. The number of H-pyrrole nitrogens is 1. The highest BCUT2D eigenvalue weighted by Gasteiger charge is 2.23. The van der Waals surface area contributed by atoms with Crippen molar-refractivity contribution in [1.82, 2.24) is 20.3 Å². The first kappa shape index (κ1) is 26.1. The van der Waals surface area contributed by atoms with E-state index in [4.69, 9.17) is 21.3 Å². The van der Waals surface area contributed by atoms with Crippen LogP contribution in [0.15, 0.2) is 67.0 Å². The monoisotopic (exact) mass is 543 g/mol. The molecule has 2 amide bonds. The van der Waals surface area contributed by atoms with E-state index in [1.807, 2.05) is 30.4 Å². The molecule has 2 aromatic carbocycles. The number of anilines is 1. The lowest BCUT2D eigenvalue weighted by atomic mass is 10.0. The van der Waals surface area contributed by atoms with E-state index in [-0.39, 0.29) is 29.8 Å². The van der Waals surface area contributed by atoms with Crippen LogP contribution in [-0.4, -0.2) is 39.8 Å². The fourth-order valence-corrected chi connectivity index (χ4v) is 4.78.